The van der Waals surface area contributed by atoms with Gasteiger partial charge in [-0.15, -0.1) is 0 Å². The molecule has 1 aromatic rings. The van der Waals surface area contributed by atoms with E-state index >= 15 is 0 Å². The minimum atomic E-state index is -3.38. The average Bonchev–Trinajstić information content (AvgIpc) is 2.53. The Morgan fingerprint density at radius 1 is 1.24 bits per heavy atom. The predicted octanol–water partition coefficient (Wildman–Crippen LogP) is 2.75. The van der Waals surface area contributed by atoms with E-state index in [1.807, 2.05) is 19.1 Å². The topological polar surface area (TPSA) is 49.4 Å². The van der Waals surface area contributed by atoms with Crippen LogP contribution in [0.4, 0.5) is 0 Å². The standard InChI is InChI=1S/C16H26N2O2S/c1-3-17-13-14-8-7-11-16(12-14)21(19,20)18(2)15-9-5-4-6-10-15/h7-8,11-12,15,17H,3-6,9-10,13H2,1-2H3. The van der Waals surface area contributed by atoms with E-state index in [2.05, 4.69) is 5.32 Å². The van der Waals surface area contributed by atoms with Gasteiger partial charge in [-0.1, -0.05) is 38.3 Å². The first-order chi connectivity index (χ1) is 10.1. The van der Waals surface area contributed by atoms with Crippen molar-refractivity contribution in [3.05, 3.63) is 29.8 Å². The fourth-order valence-corrected chi connectivity index (χ4v) is 4.38. The van der Waals surface area contributed by atoms with Gasteiger partial charge in [0, 0.05) is 19.6 Å². The Morgan fingerprint density at radius 3 is 2.62 bits per heavy atom. The summed E-state index contributed by atoms with van der Waals surface area (Å²) in [6, 6.07) is 7.43. The van der Waals surface area contributed by atoms with Crippen molar-refractivity contribution in [1.29, 1.82) is 0 Å². The molecule has 1 aliphatic carbocycles. The fraction of sp³-hybridized carbons (Fsp3) is 0.625. The van der Waals surface area contributed by atoms with E-state index in [1.165, 1.54) is 6.42 Å². The van der Waals surface area contributed by atoms with Crippen LogP contribution in [0.15, 0.2) is 29.2 Å². The van der Waals surface area contributed by atoms with Gasteiger partial charge in [-0.2, -0.15) is 4.31 Å². The van der Waals surface area contributed by atoms with Gasteiger partial charge in [0.2, 0.25) is 10.0 Å². The summed E-state index contributed by atoms with van der Waals surface area (Å²) in [7, 11) is -1.66. The molecule has 118 valence electrons. The smallest absolute Gasteiger partial charge is 0.243 e. The zero-order chi connectivity index (χ0) is 15.3. The molecule has 1 fully saturated rings. The molecule has 0 heterocycles. The van der Waals surface area contributed by atoms with E-state index in [-0.39, 0.29) is 6.04 Å². The molecule has 0 aliphatic heterocycles. The molecule has 0 radical (unpaired) electrons. The summed E-state index contributed by atoms with van der Waals surface area (Å²) in [6.45, 7) is 3.61. The number of hydrogen-bond donors (Lipinski definition) is 1. The molecule has 1 aliphatic rings. The minimum Gasteiger partial charge on any atom is -0.313 e. The number of sulfonamides is 1. The van der Waals surface area contributed by atoms with Crippen LogP contribution in [-0.2, 0) is 16.6 Å². The first-order valence-electron chi connectivity index (χ1n) is 7.83. The molecule has 0 spiro atoms. The van der Waals surface area contributed by atoms with Crippen LogP contribution in [-0.4, -0.2) is 32.4 Å². The molecule has 0 unspecified atom stereocenters. The summed E-state index contributed by atoms with van der Waals surface area (Å²) in [5.74, 6) is 0. The number of benzene rings is 1. The van der Waals surface area contributed by atoms with Gasteiger partial charge in [0.05, 0.1) is 4.90 Å². The van der Waals surface area contributed by atoms with Crippen molar-refractivity contribution in [3.63, 3.8) is 0 Å². The van der Waals surface area contributed by atoms with E-state index in [0.717, 1.165) is 37.8 Å². The number of nitrogens with zero attached hydrogens (tertiary/aromatic N) is 1. The monoisotopic (exact) mass is 310 g/mol. The van der Waals surface area contributed by atoms with E-state index in [1.54, 1.807) is 23.5 Å². The quantitative estimate of drug-likeness (QED) is 0.879. The molecule has 1 aromatic carbocycles. The lowest BCUT2D eigenvalue weighted by atomic mass is 9.96. The third-order valence-electron chi connectivity index (χ3n) is 4.24. The van der Waals surface area contributed by atoms with Crippen molar-refractivity contribution in [2.24, 2.45) is 0 Å². The van der Waals surface area contributed by atoms with Gasteiger partial charge >= 0.3 is 0 Å². The summed E-state index contributed by atoms with van der Waals surface area (Å²) in [6.07, 6.45) is 5.44. The second-order valence-corrected chi connectivity index (χ2v) is 7.74. The first-order valence-corrected chi connectivity index (χ1v) is 9.27. The van der Waals surface area contributed by atoms with Crippen molar-refractivity contribution in [3.8, 4) is 0 Å². The van der Waals surface area contributed by atoms with Gasteiger partial charge in [0.15, 0.2) is 0 Å². The van der Waals surface area contributed by atoms with Crippen LogP contribution in [0.25, 0.3) is 0 Å². The van der Waals surface area contributed by atoms with Crippen molar-refractivity contribution in [2.75, 3.05) is 13.6 Å². The van der Waals surface area contributed by atoms with E-state index < -0.39 is 10.0 Å². The Bertz CT molecular complexity index is 551. The lowest BCUT2D eigenvalue weighted by Crippen LogP contribution is -2.38. The van der Waals surface area contributed by atoms with Crippen molar-refractivity contribution in [1.82, 2.24) is 9.62 Å². The summed E-state index contributed by atoms with van der Waals surface area (Å²) in [5.41, 5.74) is 1.01. The summed E-state index contributed by atoms with van der Waals surface area (Å²) in [5, 5.41) is 3.23. The Labute approximate surface area is 128 Å². The molecule has 0 aromatic heterocycles. The molecule has 2 rings (SSSR count). The Hall–Kier alpha value is -0.910. The molecule has 0 saturated heterocycles. The Balaban J connectivity index is 2.17. The fourth-order valence-electron chi connectivity index (χ4n) is 2.89. The van der Waals surface area contributed by atoms with Crippen LogP contribution in [0.1, 0.15) is 44.6 Å². The van der Waals surface area contributed by atoms with Crippen LogP contribution < -0.4 is 5.32 Å². The molecule has 21 heavy (non-hydrogen) atoms. The van der Waals surface area contributed by atoms with Gasteiger partial charge in [0.1, 0.15) is 0 Å². The second-order valence-electron chi connectivity index (χ2n) is 5.74. The highest BCUT2D eigenvalue weighted by atomic mass is 32.2. The normalized spacial score (nSPS) is 17.3. The van der Waals surface area contributed by atoms with E-state index in [0.29, 0.717) is 11.4 Å². The molecule has 4 nitrogen and oxygen atoms in total. The zero-order valence-corrected chi connectivity index (χ0v) is 13.8. The maximum Gasteiger partial charge on any atom is 0.243 e. The highest BCUT2D eigenvalue weighted by Crippen LogP contribution is 2.26. The van der Waals surface area contributed by atoms with Crippen LogP contribution in [0.3, 0.4) is 0 Å². The third kappa shape index (κ3) is 4.05. The average molecular weight is 310 g/mol. The van der Waals surface area contributed by atoms with Crippen molar-refractivity contribution >= 4 is 10.0 Å². The molecule has 0 amide bonds. The van der Waals surface area contributed by atoms with Gasteiger partial charge in [-0.05, 0) is 37.1 Å². The molecule has 1 saturated carbocycles. The molecular formula is C16H26N2O2S. The van der Waals surface area contributed by atoms with Crippen LogP contribution >= 0.6 is 0 Å². The SMILES string of the molecule is CCNCc1cccc(S(=O)(=O)N(C)C2CCCCC2)c1. The molecule has 1 N–H and O–H groups in total. The van der Waals surface area contributed by atoms with Gasteiger partial charge in [0.25, 0.3) is 0 Å². The number of rotatable bonds is 6. The number of hydrogen-bond acceptors (Lipinski definition) is 3. The maximum absolute atomic E-state index is 12.8. The van der Waals surface area contributed by atoms with Crippen LogP contribution in [0.5, 0.6) is 0 Å². The first kappa shape index (κ1) is 16.5. The number of nitrogens with one attached hydrogen (secondary N) is 1. The van der Waals surface area contributed by atoms with Crippen LogP contribution in [0, 0.1) is 0 Å². The van der Waals surface area contributed by atoms with E-state index in [9.17, 15) is 8.42 Å². The van der Waals surface area contributed by atoms with E-state index in [4.69, 9.17) is 0 Å². The highest BCUT2D eigenvalue weighted by molar-refractivity contribution is 7.89. The molecular weight excluding hydrogens is 284 g/mol. The maximum atomic E-state index is 12.8. The van der Waals surface area contributed by atoms with Crippen molar-refractivity contribution < 1.29 is 8.42 Å². The third-order valence-corrected chi connectivity index (χ3v) is 6.15. The Morgan fingerprint density at radius 2 is 1.95 bits per heavy atom. The van der Waals surface area contributed by atoms with Crippen molar-refractivity contribution in [2.45, 2.75) is 56.5 Å². The van der Waals surface area contributed by atoms with Gasteiger partial charge in [-0.3, -0.25) is 0 Å². The molecule has 0 bridgehead atoms. The highest BCUT2D eigenvalue weighted by Gasteiger charge is 2.28. The lowest BCUT2D eigenvalue weighted by molar-refractivity contribution is 0.286. The molecule has 5 heteroatoms. The summed E-state index contributed by atoms with van der Waals surface area (Å²) >= 11 is 0. The Kier molecular flexibility index (Phi) is 5.79. The minimum absolute atomic E-state index is 0.154. The lowest BCUT2D eigenvalue weighted by Gasteiger charge is -2.30. The van der Waals surface area contributed by atoms with Gasteiger partial charge < -0.3 is 5.32 Å². The second kappa shape index (κ2) is 7.38. The predicted molar refractivity (Wildman–Crippen MR) is 85.6 cm³/mol. The zero-order valence-electron chi connectivity index (χ0n) is 13.0. The van der Waals surface area contributed by atoms with Gasteiger partial charge in [-0.25, -0.2) is 8.42 Å². The summed E-state index contributed by atoms with van der Waals surface area (Å²) < 4.78 is 27.1. The largest absolute Gasteiger partial charge is 0.313 e. The summed E-state index contributed by atoms with van der Waals surface area (Å²) in [4.78, 5) is 0.408. The molecule has 0 atom stereocenters. The van der Waals surface area contributed by atoms with Crippen LogP contribution in [0.2, 0.25) is 0 Å².